The lowest BCUT2D eigenvalue weighted by molar-refractivity contribution is 0.122. The number of nitrogens with zero attached hydrogens (tertiary/aromatic N) is 5. The highest BCUT2D eigenvalue weighted by Crippen LogP contribution is 2.35. The summed E-state index contributed by atoms with van der Waals surface area (Å²) < 4.78 is 7.25. The molecule has 174 valence electrons. The van der Waals surface area contributed by atoms with Crippen LogP contribution in [0, 0.1) is 11.8 Å². The van der Waals surface area contributed by atoms with E-state index in [9.17, 15) is 0 Å². The van der Waals surface area contributed by atoms with Crippen LogP contribution >= 0.6 is 0 Å². The molecule has 0 saturated carbocycles. The maximum absolute atomic E-state index is 5.36. The van der Waals surface area contributed by atoms with Crippen LogP contribution in [-0.4, -0.2) is 72.9 Å². The lowest BCUT2D eigenvalue weighted by atomic mass is 9.85. The second kappa shape index (κ2) is 10.4. The maximum Gasteiger partial charge on any atom is 0.193 e. The van der Waals surface area contributed by atoms with Crippen molar-refractivity contribution in [3.05, 3.63) is 47.8 Å². The van der Waals surface area contributed by atoms with Gasteiger partial charge in [-0.1, -0.05) is 12.1 Å². The zero-order valence-electron chi connectivity index (χ0n) is 20.0. The fraction of sp³-hybridized carbons (Fsp3) is 0.600. The number of aromatic nitrogens is 2. The first-order valence-corrected chi connectivity index (χ1v) is 11.8. The Bertz CT molecular complexity index is 892. The van der Waals surface area contributed by atoms with Crippen molar-refractivity contribution in [2.24, 2.45) is 23.9 Å². The molecule has 0 bridgehead atoms. The van der Waals surface area contributed by atoms with Crippen LogP contribution in [0.15, 0.2) is 41.7 Å². The predicted molar refractivity (Wildman–Crippen MR) is 129 cm³/mol. The molecular formula is C25H38N6O. The second-order valence-electron chi connectivity index (χ2n) is 9.36. The third-order valence-electron chi connectivity index (χ3n) is 7.07. The molecule has 4 rings (SSSR count). The fourth-order valence-electron chi connectivity index (χ4n) is 5.46. The number of aryl methyl sites for hydroxylation is 1. The molecule has 0 amide bonds. The van der Waals surface area contributed by atoms with Crippen LogP contribution in [0.1, 0.15) is 36.4 Å². The molecular weight excluding hydrogens is 400 g/mol. The minimum Gasteiger partial charge on any atom is -0.497 e. The van der Waals surface area contributed by atoms with E-state index >= 15 is 0 Å². The number of methoxy groups -OCH3 is 1. The Morgan fingerprint density at radius 1 is 1.19 bits per heavy atom. The van der Waals surface area contributed by atoms with E-state index in [1.165, 1.54) is 30.4 Å². The number of aliphatic imine (C=N–C) groups is 1. The molecule has 2 aliphatic rings. The van der Waals surface area contributed by atoms with Gasteiger partial charge in [0.15, 0.2) is 5.96 Å². The van der Waals surface area contributed by atoms with Crippen LogP contribution in [-0.2, 0) is 13.5 Å². The van der Waals surface area contributed by atoms with Crippen LogP contribution in [0.3, 0.4) is 0 Å². The van der Waals surface area contributed by atoms with E-state index in [-0.39, 0.29) is 0 Å². The van der Waals surface area contributed by atoms with Gasteiger partial charge >= 0.3 is 0 Å². The number of hydrogen-bond acceptors (Lipinski definition) is 4. The number of rotatable bonds is 6. The van der Waals surface area contributed by atoms with Gasteiger partial charge < -0.3 is 15.0 Å². The topological polar surface area (TPSA) is 57.9 Å². The zero-order chi connectivity index (χ0) is 22.5. The maximum atomic E-state index is 5.36. The Hall–Kier alpha value is -2.54. The van der Waals surface area contributed by atoms with Gasteiger partial charge in [0.2, 0.25) is 0 Å². The van der Waals surface area contributed by atoms with Crippen molar-refractivity contribution in [2.75, 3.05) is 47.4 Å². The average molecular weight is 439 g/mol. The van der Waals surface area contributed by atoms with Crippen LogP contribution in [0.25, 0.3) is 0 Å². The smallest absolute Gasteiger partial charge is 0.193 e. The van der Waals surface area contributed by atoms with Crippen molar-refractivity contribution >= 4 is 5.96 Å². The van der Waals surface area contributed by atoms with Crippen molar-refractivity contribution < 1.29 is 4.74 Å². The van der Waals surface area contributed by atoms with E-state index in [4.69, 9.17) is 4.74 Å². The summed E-state index contributed by atoms with van der Waals surface area (Å²) in [5, 5.41) is 8.03. The summed E-state index contributed by atoms with van der Waals surface area (Å²) in [7, 11) is 7.86. The quantitative estimate of drug-likeness (QED) is 0.555. The summed E-state index contributed by atoms with van der Waals surface area (Å²) >= 11 is 0. The summed E-state index contributed by atoms with van der Waals surface area (Å²) in [6.07, 6.45) is 8.90. The number of piperidine rings is 1. The zero-order valence-corrected chi connectivity index (χ0v) is 20.0. The molecule has 0 aliphatic carbocycles. The SMILES string of the molecule is CN=C(NCC1CCCN(C)C1c1ccc(OC)cc1)N1CCC(Cc2cnn(C)c2)C1. The van der Waals surface area contributed by atoms with Gasteiger partial charge in [-0.05, 0) is 74.4 Å². The molecule has 1 aromatic carbocycles. The number of benzene rings is 1. The van der Waals surface area contributed by atoms with Crippen molar-refractivity contribution in [2.45, 2.75) is 31.7 Å². The number of nitrogens with one attached hydrogen (secondary N) is 1. The highest BCUT2D eigenvalue weighted by Gasteiger charge is 2.31. The van der Waals surface area contributed by atoms with E-state index in [1.54, 1.807) is 7.11 Å². The molecule has 0 spiro atoms. The molecule has 7 nitrogen and oxygen atoms in total. The monoisotopic (exact) mass is 438 g/mol. The van der Waals surface area contributed by atoms with E-state index in [0.29, 0.717) is 17.9 Å². The predicted octanol–water partition coefficient (Wildman–Crippen LogP) is 2.95. The first kappa shape index (κ1) is 22.6. The van der Waals surface area contributed by atoms with Gasteiger partial charge in [-0.3, -0.25) is 14.6 Å². The van der Waals surface area contributed by atoms with E-state index in [1.807, 2.05) is 25.0 Å². The van der Waals surface area contributed by atoms with Gasteiger partial charge in [0.25, 0.3) is 0 Å². The molecule has 3 unspecified atom stereocenters. The Morgan fingerprint density at radius 2 is 2.00 bits per heavy atom. The summed E-state index contributed by atoms with van der Waals surface area (Å²) in [6, 6.07) is 9.01. The second-order valence-corrected chi connectivity index (χ2v) is 9.36. The third kappa shape index (κ3) is 5.26. The highest BCUT2D eigenvalue weighted by molar-refractivity contribution is 5.80. The number of ether oxygens (including phenoxy) is 1. The van der Waals surface area contributed by atoms with Crippen molar-refractivity contribution in [1.82, 2.24) is 24.9 Å². The first-order chi connectivity index (χ1) is 15.6. The van der Waals surface area contributed by atoms with Crippen LogP contribution in [0.5, 0.6) is 5.75 Å². The van der Waals surface area contributed by atoms with E-state index in [0.717, 1.165) is 44.3 Å². The molecule has 1 aromatic heterocycles. The van der Waals surface area contributed by atoms with Crippen molar-refractivity contribution in [3.8, 4) is 5.75 Å². The summed E-state index contributed by atoms with van der Waals surface area (Å²) in [5.41, 5.74) is 2.70. The minimum atomic E-state index is 0.414. The molecule has 32 heavy (non-hydrogen) atoms. The number of guanidine groups is 1. The molecule has 2 saturated heterocycles. The average Bonchev–Trinajstić information content (AvgIpc) is 3.43. The van der Waals surface area contributed by atoms with Gasteiger partial charge in [-0.25, -0.2) is 0 Å². The summed E-state index contributed by atoms with van der Waals surface area (Å²) in [6.45, 7) is 4.21. The Morgan fingerprint density at radius 3 is 2.69 bits per heavy atom. The highest BCUT2D eigenvalue weighted by atomic mass is 16.5. The van der Waals surface area contributed by atoms with Gasteiger partial charge in [0, 0.05) is 46.0 Å². The minimum absolute atomic E-state index is 0.414. The number of hydrogen-bond donors (Lipinski definition) is 1. The molecule has 2 aliphatic heterocycles. The summed E-state index contributed by atoms with van der Waals surface area (Å²) in [4.78, 5) is 9.55. The Labute approximate surface area is 192 Å². The molecule has 2 aromatic rings. The molecule has 3 heterocycles. The normalized spacial score (nSPS) is 24.7. The van der Waals surface area contributed by atoms with E-state index in [2.05, 4.69) is 62.7 Å². The summed E-state index contributed by atoms with van der Waals surface area (Å²) in [5.74, 6) is 3.16. The molecule has 7 heteroatoms. The van der Waals surface area contributed by atoms with Crippen molar-refractivity contribution in [1.29, 1.82) is 0 Å². The van der Waals surface area contributed by atoms with Gasteiger partial charge in [-0.15, -0.1) is 0 Å². The van der Waals surface area contributed by atoms with Gasteiger partial charge in [-0.2, -0.15) is 5.10 Å². The van der Waals surface area contributed by atoms with Crippen LogP contribution in [0.4, 0.5) is 0 Å². The van der Waals surface area contributed by atoms with Crippen molar-refractivity contribution in [3.63, 3.8) is 0 Å². The molecule has 1 N–H and O–H groups in total. The third-order valence-corrected chi connectivity index (χ3v) is 7.07. The molecule has 3 atom stereocenters. The lowest BCUT2D eigenvalue weighted by Gasteiger charge is -2.40. The number of likely N-dealkylation sites (tertiary alicyclic amines) is 2. The van der Waals surface area contributed by atoms with Gasteiger partial charge in [0.05, 0.1) is 13.3 Å². The van der Waals surface area contributed by atoms with Gasteiger partial charge in [0.1, 0.15) is 5.75 Å². The first-order valence-electron chi connectivity index (χ1n) is 11.8. The largest absolute Gasteiger partial charge is 0.497 e. The van der Waals surface area contributed by atoms with E-state index < -0.39 is 0 Å². The lowest BCUT2D eigenvalue weighted by Crippen LogP contribution is -2.46. The van der Waals surface area contributed by atoms with Crippen LogP contribution in [0.2, 0.25) is 0 Å². The van der Waals surface area contributed by atoms with Crippen LogP contribution < -0.4 is 10.1 Å². The fourth-order valence-corrected chi connectivity index (χ4v) is 5.46. The Kier molecular flexibility index (Phi) is 7.35. The Balaban J connectivity index is 1.35. The molecule has 0 radical (unpaired) electrons. The standard InChI is InChI=1S/C25H38N6O/c1-26-25(31-13-11-19(18-31)14-20-15-28-30(3)17-20)27-16-22-6-5-12-29(2)24(22)21-7-9-23(32-4)10-8-21/h7-10,15,17,19,22,24H,5-6,11-14,16,18H2,1-4H3,(H,26,27). The molecule has 2 fully saturated rings.